The first-order chi connectivity index (χ1) is 9.48. The van der Waals surface area contributed by atoms with Crippen molar-refractivity contribution in [1.82, 2.24) is 15.1 Å². The Morgan fingerprint density at radius 1 is 1.29 bits per heavy atom. The number of hydrogen-bond acceptors (Lipinski definition) is 4. The van der Waals surface area contributed by atoms with Gasteiger partial charge in [-0.2, -0.15) is 0 Å². The molecule has 5 heteroatoms. The Labute approximate surface area is 130 Å². The molecule has 1 unspecified atom stereocenters. The van der Waals surface area contributed by atoms with E-state index < -0.39 is 5.60 Å². The van der Waals surface area contributed by atoms with Crippen LogP contribution in [-0.4, -0.2) is 67.8 Å². The molecule has 1 N–H and O–H groups in total. The van der Waals surface area contributed by atoms with Gasteiger partial charge in [0.15, 0.2) is 0 Å². The number of ether oxygens (including phenoxy) is 1. The summed E-state index contributed by atoms with van der Waals surface area (Å²) in [6.07, 6.45) is 0.802. The van der Waals surface area contributed by atoms with E-state index in [2.05, 4.69) is 38.2 Å². The predicted molar refractivity (Wildman–Crippen MR) is 86.5 cm³/mol. The molecule has 0 aromatic rings. The van der Waals surface area contributed by atoms with Crippen LogP contribution in [0, 0.1) is 5.41 Å². The molecule has 21 heavy (non-hydrogen) atoms. The molecule has 0 radical (unpaired) electrons. The van der Waals surface area contributed by atoms with Crippen molar-refractivity contribution in [1.29, 1.82) is 0 Å². The van der Waals surface area contributed by atoms with Gasteiger partial charge in [-0.15, -0.1) is 0 Å². The summed E-state index contributed by atoms with van der Waals surface area (Å²) in [7, 11) is 4.20. The van der Waals surface area contributed by atoms with Crippen molar-refractivity contribution in [3.8, 4) is 0 Å². The quantitative estimate of drug-likeness (QED) is 0.845. The van der Waals surface area contributed by atoms with Crippen LogP contribution in [0.1, 0.15) is 41.0 Å². The minimum Gasteiger partial charge on any atom is -0.444 e. The summed E-state index contributed by atoms with van der Waals surface area (Å²) in [5.74, 6) is 0. The zero-order valence-corrected chi connectivity index (χ0v) is 14.8. The molecule has 1 fully saturated rings. The van der Waals surface area contributed by atoms with Gasteiger partial charge in [0, 0.05) is 32.2 Å². The third-order valence-corrected chi connectivity index (χ3v) is 3.45. The summed E-state index contributed by atoms with van der Waals surface area (Å²) in [6, 6.07) is 0.374. The van der Waals surface area contributed by atoms with Crippen LogP contribution in [0.25, 0.3) is 0 Å². The van der Waals surface area contributed by atoms with E-state index in [9.17, 15) is 4.79 Å². The molecule has 1 aliphatic rings. The predicted octanol–water partition coefficient (Wildman–Crippen LogP) is 2.17. The first kappa shape index (κ1) is 18.2. The number of likely N-dealkylation sites (tertiary alicyclic amines) is 1. The Hall–Kier alpha value is -0.810. The van der Waals surface area contributed by atoms with Crippen molar-refractivity contribution in [2.75, 3.05) is 40.3 Å². The van der Waals surface area contributed by atoms with Gasteiger partial charge in [0.25, 0.3) is 0 Å². The second-order valence-electron chi connectivity index (χ2n) is 8.19. The lowest BCUT2D eigenvalue weighted by molar-refractivity contribution is 0.0290. The lowest BCUT2D eigenvalue weighted by atomic mass is 9.92. The standard InChI is InChI=1S/C16H33N3O2/c1-15(2,3)21-14(20)19-9-8-13(10-19)17-11-16(4,5)12-18(6)7/h13,17H,8-12H2,1-7H3. The summed E-state index contributed by atoms with van der Waals surface area (Å²) in [6.45, 7) is 13.8. The van der Waals surface area contributed by atoms with E-state index in [4.69, 9.17) is 4.74 Å². The zero-order chi connectivity index (χ0) is 16.3. The van der Waals surface area contributed by atoms with Crippen LogP contribution in [0.4, 0.5) is 4.79 Å². The molecule has 1 saturated heterocycles. The smallest absolute Gasteiger partial charge is 0.410 e. The second kappa shape index (κ2) is 6.97. The molecule has 0 aliphatic carbocycles. The van der Waals surface area contributed by atoms with Gasteiger partial charge in [-0.05, 0) is 46.7 Å². The summed E-state index contributed by atoms with van der Waals surface area (Å²) >= 11 is 0. The minimum atomic E-state index is -0.420. The lowest BCUT2D eigenvalue weighted by Gasteiger charge is -2.30. The third kappa shape index (κ3) is 7.14. The second-order valence-corrected chi connectivity index (χ2v) is 8.19. The molecule has 0 aromatic heterocycles. The molecule has 1 heterocycles. The molecule has 1 aliphatic heterocycles. The van der Waals surface area contributed by atoms with E-state index in [1.54, 1.807) is 0 Å². The van der Waals surface area contributed by atoms with Crippen molar-refractivity contribution < 1.29 is 9.53 Å². The highest BCUT2D eigenvalue weighted by molar-refractivity contribution is 5.68. The zero-order valence-electron chi connectivity index (χ0n) is 14.8. The van der Waals surface area contributed by atoms with Gasteiger partial charge < -0.3 is 19.9 Å². The maximum atomic E-state index is 12.0. The average Bonchev–Trinajstić information content (AvgIpc) is 2.70. The Kier molecular flexibility index (Phi) is 6.05. The molecule has 5 nitrogen and oxygen atoms in total. The van der Waals surface area contributed by atoms with E-state index in [0.717, 1.165) is 32.6 Å². The number of carbonyl (C=O) groups is 1. The monoisotopic (exact) mass is 299 g/mol. The molecule has 0 bridgehead atoms. The van der Waals surface area contributed by atoms with Crippen molar-refractivity contribution in [2.45, 2.75) is 52.7 Å². The van der Waals surface area contributed by atoms with Crippen LogP contribution in [0.5, 0.6) is 0 Å². The number of hydrogen-bond donors (Lipinski definition) is 1. The van der Waals surface area contributed by atoms with Crippen LogP contribution in [0.15, 0.2) is 0 Å². The molecule has 0 saturated carbocycles. The van der Waals surface area contributed by atoms with Crippen molar-refractivity contribution >= 4 is 6.09 Å². The third-order valence-electron chi connectivity index (χ3n) is 3.45. The van der Waals surface area contributed by atoms with E-state index in [1.165, 1.54) is 0 Å². The van der Waals surface area contributed by atoms with Crippen molar-refractivity contribution in [2.24, 2.45) is 5.41 Å². The van der Waals surface area contributed by atoms with E-state index in [1.807, 2.05) is 25.7 Å². The van der Waals surface area contributed by atoms with Crippen molar-refractivity contribution in [3.05, 3.63) is 0 Å². The Morgan fingerprint density at radius 3 is 2.43 bits per heavy atom. The highest BCUT2D eigenvalue weighted by Crippen LogP contribution is 2.18. The molecule has 1 rings (SSSR count). The molecular weight excluding hydrogens is 266 g/mol. The highest BCUT2D eigenvalue weighted by Gasteiger charge is 2.30. The van der Waals surface area contributed by atoms with Crippen LogP contribution < -0.4 is 5.32 Å². The van der Waals surface area contributed by atoms with Gasteiger partial charge in [-0.25, -0.2) is 4.79 Å². The Morgan fingerprint density at radius 2 is 1.90 bits per heavy atom. The summed E-state index contributed by atoms with van der Waals surface area (Å²) in [4.78, 5) is 16.0. The maximum Gasteiger partial charge on any atom is 0.410 e. The van der Waals surface area contributed by atoms with E-state index in [0.29, 0.717) is 6.04 Å². The van der Waals surface area contributed by atoms with E-state index in [-0.39, 0.29) is 11.5 Å². The van der Waals surface area contributed by atoms with Crippen LogP contribution in [0.3, 0.4) is 0 Å². The Bertz CT molecular complexity index is 348. The first-order valence-electron chi connectivity index (χ1n) is 7.84. The van der Waals surface area contributed by atoms with Gasteiger partial charge in [0.05, 0.1) is 0 Å². The minimum absolute atomic E-state index is 0.195. The fraction of sp³-hybridized carbons (Fsp3) is 0.938. The summed E-state index contributed by atoms with van der Waals surface area (Å²) < 4.78 is 5.42. The average molecular weight is 299 g/mol. The summed E-state index contributed by atoms with van der Waals surface area (Å²) in [5, 5.41) is 3.60. The molecule has 0 spiro atoms. The molecule has 124 valence electrons. The number of nitrogens with zero attached hydrogens (tertiary/aromatic N) is 2. The lowest BCUT2D eigenvalue weighted by Crippen LogP contribution is -2.43. The maximum absolute atomic E-state index is 12.0. The fourth-order valence-electron chi connectivity index (χ4n) is 2.75. The van der Waals surface area contributed by atoms with E-state index >= 15 is 0 Å². The summed E-state index contributed by atoms with van der Waals surface area (Å²) in [5.41, 5.74) is -0.195. The van der Waals surface area contributed by atoms with Crippen LogP contribution >= 0.6 is 0 Å². The molecular formula is C16H33N3O2. The number of nitrogens with one attached hydrogen (secondary N) is 1. The highest BCUT2D eigenvalue weighted by atomic mass is 16.6. The SMILES string of the molecule is CN(C)CC(C)(C)CNC1CCN(C(=O)OC(C)(C)C)C1. The topological polar surface area (TPSA) is 44.8 Å². The Balaban J connectivity index is 2.36. The van der Waals surface area contributed by atoms with Gasteiger partial charge >= 0.3 is 6.09 Å². The normalized spacial score (nSPS) is 20.2. The first-order valence-corrected chi connectivity index (χ1v) is 7.84. The van der Waals surface area contributed by atoms with Gasteiger partial charge in [-0.3, -0.25) is 0 Å². The van der Waals surface area contributed by atoms with Crippen LogP contribution in [-0.2, 0) is 4.74 Å². The van der Waals surface area contributed by atoms with Gasteiger partial charge in [0.2, 0.25) is 0 Å². The molecule has 1 atom stereocenters. The fourth-order valence-corrected chi connectivity index (χ4v) is 2.75. The molecule has 1 amide bonds. The molecule has 0 aromatic carbocycles. The van der Waals surface area contributed by atoms with Gasteiger partial charge in [-0.1, -0.05) is 13.8 Å². The largest absolute Gasteiger partial charge is 0.444 e. The van der Waals surface area contributed by atoms with Crippen LogP contribution in [0.2, 0.25) is 0 Å². The number of amides is 1. The van der Waals surface area contributed by atoms with Crippen molar-refractivity contribution in [3.63, 3.8) is 0 Å². The number of carbonyl (C=O) groups excluding carboxylic acids is 1. The van der Waals surface area contributed by atoms with Gasteiger partial charge in [0.1, 0.15) is 5.60 Å². The number of rotatable bonds is 5.